The number of rotatable bonds is 5. The number of carbonyl (C=O) groups excluding carboxylic acids is 2. The molecule has 98 valence electrons. The highest BCUT2D eigenvalue weighted by Gasteiger charge is 2.28. The molecule has 0 fully saturated rings. The standard InChI is InChI=1S/C13H22O4/c1-7-16-12(15)10(9(2)3)8-11(14)17-13(4,5)6/h7,9-10H,1,8H2,2-6H3. The molecule has 0 amide bonds. The normalized spacial score (nSPS) is 13.1. The molecular weight excluding hydrogens is 220 g/mol. The first-order valence-electron chi connectivity index (χ1n) is 5.70. The smallest absolute Gasteiger partial charge is 0.314 e. The summed E-state index contributed by atoms with van der Waals surface area (Å²) in [7, 11) is 0. The van der Waals surface area contributed by atoms with Crippen molar-refractivity contribution in [3.8, 4) is 0 Å². The number of carbonyl (C=O) groups is 2. The van der Waals surface area contributed by atoms with Gasteiger partial charge in [0.15, 0.2) is 0 Å². The first kappa shape index (κ1) is 15.7. The summed E-state index contributed by atoms with van der Waals surface area (Å²) in [6.07, 6.45) is 1.11. The number of esters is 2. The average Bonchev–Trinajstić information content (AvgIpc) is 2.11. The molecule has 0 aliphatic heterocycles. The number of ether oxygens (including phenoxy) is 2. The molecule has 0 saturated carbocycles. The van der Waals surface area contributed by atoms with Crippen molar-refractivity contribution in [2.45, 2.75) is 46.6 Å². The number of hydrogen-bond acceptors (Lipinski definition) is 4. The Bertz CT molecular complexity index is 286. The van der Waals surface area contributed by atoms with E-state index in [-0.39, 0.29) is 12.3 Å². The first-order valence-corrected chi connectivity index (χ1v) is 5.70. The fraction of sp³-hybridized carbons (Fsp3) is 0.692. The maximum absolute atomic E-state index is 11.6. The SMILES string of the molecule is C=COC(=O)C(CC(=O)OC(C)(C)C)C(C)C. The highest BCUT2D eigenvalue weighted by atomic mass is 16.6. The van der Waals surface area contributed by atoms with E-state index < -0.39 is 23.5 Å². The second kappa shape index (κ2) is 6.42. The monoisotopic (exact) mass is 242 g/mol. The summed E-state index contributed by atoms with van der Waals surface area (Å²) in [5.41, 5.74) is -0.541. The van der Waals surface area contributed by atoms with E-state index in [1.807, 2.05) is 13.8 Å². The Morgan fingerprint density at radius 2 is 1.82 bits per heavy atom. The van der Waals surface area contributed by atoms with E-state index >= 15 is 0 Å². The predicted octanol–water partition coefficient (Wildman–Crippen LogP) is 2.68. The van der Waals surface area contributed by atoms with Gasteiger partial charge in [-0.25, -0.2) is 0 Å². The van der Waals surface area contributed by atoms with E-state index in [0.717, 1.165) is 6.26 Å². The minimum absolute atomic E-state index is 0.00923. The first-order chi connectivity index (χ1) is 7.67. The lowest BCUT2D eigenvalue weighted by molar-refractivity contribution is -0.161. The van der Waals surface area contributed by atoms with Gasteiger partial charge < -0.3 is 9.47 Å². The molecule has 0 aromatic rings. The van der Waals surface area contributed by atoms with Crippen LogP contribution in [-0.2, 0) is 19.1 Å². The van der Waals surface area contributed by atoms with Crippen LogP contribution in [0.25, 0.3) is 0 Å². The van der Waals surface area contributed by atoms with Gasteiger partial charge in [-0.2, -0.15) is 0 Å². The second-order valence-electron chi connectivity index (χ2n) is 5.24. The molecule has 0 heterocycles. The van der Waals surface area contributed by atoms with Gasteiger partial charge in [0.05, 0.1) is 18.6 Å². The molecule has 0 bridgehead atoms. The van der Waals surface area contributed by atoms with Gasteiger partial charge in [0.25, 0.3) is 0 Å². The largest absolute Gasteiger partial charge is 0.460 e. The van der Waals surface area contributed by atoms with Gasteiger partial charge in [-0.1, -0.05) is 20.4 Å². The van der Waals surface area contributed by atoms with Crippen molar-refractivity contribution in [1.29, 1.82) is 0 Å². The predicted molar refractivity (Wildman–Crippen MR) is 65.1 cm³/mol. The fourth-order valence-corrected chi connectivity index (χ4v) is 1.32. The van der Waals surface area contributed by atoms with Gasteiger partial charge in [0.2, 0.25) is 0 Å². The van der Waals surface area contributed by atoms with E-state index in [2.05, 4.69) is 6.58 Å². The van der Waals surface area contributed by atoms with Crippen molar-refractivity contribution in [3.05, 3.63) is 12.8 Å². The fourth-order valence-electron chi connectivity index (χ4n) is 1.32. The lowest BCUT2D eigenvalue weighted by Crippen LogP contribution is -2.29. The Hall–Kier alpha value is -1.32. The second-order valence-corrected chi connectivity index (χ2v) is 5.24. The summed E-state index contributed by atoms with van der Waals surface area (Å²) >= 11 is 0. The summed E-state index contributed by atoms with van der Waals surface area (Å²) in [5, 5.41) is 0. The number of hydrogen-bond donors (Lipinski definition) is 0. The Balaban J connectivity index is 4.50. The zero-order valence-corrected chi connectivity index (χ0v) is 11.3. The van der Waals surface area contributed by atoms with E-state index in [1.165, 1.54) is 0 Å². The highest BCUT2D eigenvalue weighted by molar-refractivity contribution is 5.80. The Kier molecular flexibility index (Phi) is 5.93. The molecule has 0 aromatic carbocycles. The molecule has 0 rings (SSSR count). The maximum atomic E-state index is 11.6. The van der Waals surface area contributed by atoms with Crippen molar-refractivity contribution in [1.82, 2.24) is 0 Å². The van der Waals surface area contributed by atoms with Crippen LogP contribution >= 0.6 is 0 Å². The molecule has 1 atom stereocenters. The van der Waals surface area contributed by atoms with Crippen LogP contribution in [0.1, 0.15) is 41.0 Å². The summed E-state index contributed by atoms with van der Waals surface area (Å²) in [6, 6.07) is 0. The third-order valence-electron chi connectivity index (χ3n) is 2.11. The molecule has 0 radical (unpaired) electrons. The Labute approximate surface area is 103 Å². The highest BCUT2D eigenvalue weighted by Crippen LogP contribution is 2.20. The van der Waals surface area contributed by atoms with Crippen LogP contribution < -0.4 is 0 Å². The van der Waals surface area contributed by atoms with Gasteiger partial charge in [-0.05, 0) is 26.7 Å². The molecule has 0 aliphatic rings. The van der Waals surface area contributed by atoms with Crippen LogP contribution in [0.3, 0.4) is 0 Å². The summed E-state index contributed by atoms with van der Waals surface area (Å²) in [5.74, 6) is -1.32. The Morgan fingerprint density at radius 1 is 1.29 bits per heavy atom. The van der Waals surface area contributed by atoms with Crippen LogP contribution in [0.15, 0.2) is 12.8 Å². The molecule has 0 N–H and O–H groups in total. The molecular formula is C13H22O4. The summed E-state index contributed by atoms with van der Waals surface area (Å²) in [6.45, 7) is 12.4. The molecule has 4 nitrogen and oxygen atoms in total. The lowest BCUT2D eigenvalue weighted by Gasteiger charge is -2.22. The average molecular weight is 242 g/mol. The van der Waals surface area contributed by atoms with Crippen molar-refractivity contribution in [3.63, 3.8) is 0 Å². The zero-order valence-electron chi connectivity index (χ0n) is 11.3. The van der Waals surface area contributed by atoms with Crippen LogP contribution in [0.2, 0.25) is 0 Å². The van der Waals surface area contributed by atoms with Crippen LogP contribution in [0.5, 0.6) is 0 Å². The zero-order chi connectivity index (χ0) is 13.6. The molecule has 0 spiro atoms. The minimum Gasteiger partial charge on any atom is -0.460 e. The quantitative estimate of drug-likeness (QED) is 0.549. The maximum Gasteiger partial charge on any atom is 0.314 e. The van der Waals surface area contributed by atoms with Crippen molar-refractivity contribution in [2.24, 2.45) is 11.8 Å². The van der Waals surface area contributed by atoms with Crippen molar-refractivity contribution >= 4 is 11.9 Å². The van der Waals surface area contributed by atoms with Gasteiger partial charge in [-0.3, -0.25) is 9.59 Å². The van der Waals surface area contributed by atoms with Crippen LogP contribution in [0.4, 0.5) is 0 Å². The molecule has 0 saturated heterocycles. The molecule has 4 heteroatoms. The molecule has 17 heavy (non-hydrogen) atoms. The van der Waals surface area contributed by atoms with E-state index in [4.69, 9.17) is 9.47 Å². The van der Waals surface area contributed by atoms with Crippen molar-refractivity contribution < 1.29 is 19.1 Å². The van der Waals surface area contributed by atoms with E-state index in [0.29, 0.717) is 0 Å². The van der Waals surface area contributed by atoms with Gasteiger partial charge in [-0.15, -0.1) is 0 Å². The molecule has 0 aliphatic carbocycles. The molecule has 1 unspecified atom stereocenters. The topological polar surface area (TPSA) is 52.6 Å². The van der Waals surface area contributed by atoms with Gasteiger partial charge in [0.1, 0.15) is 5.60 Å². The molecule has 0 aromatic heterocycles. The third kappa shape index (κ3) is 6.76. The van der Waals surface area contributed by atoms with E-state index in [1.54, 1.807) is 20.8 Å². The van der Waals surface area contributed by atoms with Crippen LogP contribution in [-0.4, -0.2) is 17.5 Å². The van der Waals surface area contributed by atoms with E-state index in [9.17, 15) is 9.59 Å². The Morgan fingerprint density at radius 3 is 2.18 bits per heavy atom. The minimum atomic E-state index is -0.541. The van der Waals surface area contributed by atoms with Crippen molar-refractivity contribution in [2.75, 3.05) is 0 Å². The third-order valence-corrected chi connectivity index (χ3v) is 2.11. The van der Waals surface area contributed by atoms with Gasteiger partial charge >= 0.3 is 11.9 Å². The van der Waals surface area contributed by atoms with Gasteiger partial charge in [0, 0.05) is 0 Å². The van der Waals surface area contributed by atoms with Crippen LogP contribution in [0, 0.1) is 11.8 Å². The summed E-state index contributed by atoms with van der Waals surface area (Å²) < 4.78 is 9.89. The summed E-state index contributed by atoms with van der Waals surface area (Å²) in [4.78, 5) is 23.2. The lowest BCUT2D eigenvalue weighted by atomic mass is 9.92.